The summed E-state index contributed by atoms with van der Waals surface area (Å²) in [5.74, 6) is -0.0827. The third kappa shape index (κ3) is 5.13. The normalized spacial score (nSPS) is 10.4. The summed E-state index contributed by atoms with van der Waals surface area (Å²) in [7, 11) is 1.54. The maximum Gasteiger partial charge on any atom is 0.259 e. The Morgan fingerprint density at radius 2 is 1.96 bits per heavy atom. The summed E-state index contributed by atoms with van der Waals surface area (Å²) in [5, 5.41) is 15.5. The summed E-state index contributed by atoms with van der Waals surface area (Å²) < 4.78 is 5.01. The molecule has 2 aromatic carbocycles. The summed E-state index contributed by atoms with van der Waals surface area (Å²) in [6.07, 6.45) is 1.39. The summed E-state index contributed by atoms with van der Waals surface area (Å²) in [4.78, 5) is 23.5. The molecule has 0 saturated carbocycles. The van der Waals surface area contributed by atoms with Crippen molar-refractivity contribution in [3.63, 3.8) is 0 Å². The van der Waals surface area contributed by atoms with E-state index in [0.29, 0.717) is 16.9 Å². The zero-order chi connectivity index (χ0) is 17.4. The molecular weight excluding hydrogens is 310 g/mol. The molecular formula is C17H17N3O4. The average Bonchev–Trinajstić information content (AvgIpc) is 2.60. The first-order chi connectivity index (χ1) is 11.6. The van der Waals surface area contributed by atoms with Crippen LogP contribution in [-0.4, -0.2) is 36.8 Å². The molecule has 0 aromatic heterocycles. The number of phenolic OH excluding ortho intramolecular Hbond substituents is 1. The number of hydrazone groups is 1. The number of nitrogens with one attached hydrogen (secondary N) is 2. The number of rotatable bonds is 6. The molecule has 0 aliphatic rings. The first-order valence-electron chi connectivity index (χ1n) is 7.11. The van der Waals surface area contributed by atoms with E-state index in [2.05, 4.69) is 15.8 Å². The molecule has 0 radical (unpaired) electrons. The number of amides is 2. The Morgan fingerprint density at radius 1 is 1.21 bits per heavy atom. The molecule has 7 nitrogen and oxygen atoms in total. The van der Waals surface area contributed by atoms with Crippen molar-refractivity contribution in [2.75, 3.05) is 13.7 Å². The van der Waals surface area contributed by atoms with Gasteiger partial charge in [0.2, 0.25) is 0 Å². The van der Waals surface area contributed by atoms with Gasteiger partial charge in [-0.25, -0.2) is 5.43 Å². The minimum atomic E-state index is -0.465. The lowest BCUT2D eigenvalue weighted by atomic mass is 10.2. The number of hydrogen-bond acceptors (Lipinski definition) is 5. The molecule has 0 aliphatic heterocycles. The predicted molar refractivity (Wildman–Crippen MR) is 89.2 cm³/mol. The zero-order valence-electron chi connectivity index (χ0n) is 13.0. The molecule has 0 aliphatic carbocycles. The van der Waals surface area contributed by atoms with Crippen LogP contribution < -0.4 is 15.5 Å². The van der Waals surface area contributed by atoms with Crippen LogP contribution in [0.2, 0.25) is 0 Å². The monoisotopic (exact) mass is 327 g/mol. The lowest BCUT2D eigenvalue weighted by Gasteiger charge is -2.05. The Morgan fingerprint density at radius 3 is 2.62 bits per heavy atom. The number of nitrogens with zero attached hydrogens (tertiary/aromatic N) is 1. The predicted octanol–water partition coefficient (Wildman–Crippen LogP) is 1.28. The van der Waals surface area contributed by atoms with Crippen LogP contribution in [0, 0.1) is 0 Å². The van der Waals surface area contributed by atoms with Gasteiger partial charge in [-0.2, -0.15) is 5.10 Å². The Labute approximate surface area is 139 Å². The van der Waals surface area contributed by atoms with E-state index in [1.54, 1.807) is 36.4 Å². The number of aromatic hydroxyl groups is 1. The molecule has 0 spiro atoms. The molecule has 124 valence electrons. The van der Waals surface area contributed by atoms with E-state index in [9.17, 15) is 14.7 Å². The molecule has 0 bridgehead atoms. The molecule has 2 rings (SSSR count). The highest BCUT2D eigenvalue weighted by molar-refractivity contribution is 5.96. The van der Waals surface area contributed by atoms with Crippen molar-refractivity contribution >= 4 is 18.0 Å². The van der Waals surface area contributed by atoms with Crippen LogP contribution in [0.3, 0.4) is 0 Å². The zero-order valence-corrected chi connectivity index (χ0v) is 13.0. The SMILES string of the molecule is COc1ccc(C(=O)NCC(=O)NN=Cc2cccc(O)c2)cc1. The lowest BCUT2D eigenvalue weighted by Crippen LogP contribution is -2.34. The summed E-state index contributed by atoms with van der Waals surface area (Å²) in [6.45, 7) is -0.206. The topological polar surface area (TPSA) is 100 Å². The molecule has 24 heavy (non-hydrogen) atoms. The van der Waals surface area contributed by atoms with Gasteiger partial charge in [0, 0.05) is 5.56 Å². The Kier molecular flexibility index (Phi) is 5.90. The largest absolute Gasteiger partial charge is 0.508 e. The van der Waals surface area contributed by atoms with E-state index in [1.165, 1.54) is 25.5 Å². The minimum Gasteiger partial charge on any atom is -0.508 e. The summed E-state index contributed by atoms with van der Waals surface area (Å²) in [5.41, 5.74) is 3.35. The number of carbonyl (C=O) groups is 2. The van der Waals surface area contributed by atoms with Crippen LogP contribution in [-0.2, 0) is 4.79 Å². The number of phenols is 1. The van der Waals surface area contributed by atoms with Gasteiger partial charge in [0.15, 0.2) is 0 Å². The van der Waals surface area contributed by atoms with E-state index >= 15 is 0 Å². The third-order valence-electron chi connectivity index (χ3n) is 3.03. The Bertz CT molecular complexity index is 742. The van der Waals surface area contributed by atoms with Crippen molar-refractivity contribution in [1.29, 1.82) is 0 Å². The quantitative estimate of drug-likeness (QED) is 0.549. The fraction of sp³-hybridized carbons (Fsp3) is 0.118. The first-order valence-corrected chi connectivity index (χ1v) is 7.11. The van der Waals surface area contributed by atoms with Crippen LogP contribution in [0.15, 0.2) is 53.6 Å². The lowest BCUT2D eigenvalue weighted by molar-refractivity contribution is -0.120. The number of ether oxygens (including phenoxy) is 1. The van der Waals surface area contributed by atoms with Gasteiger partial charge in [-0.05, 0) is 42.0 Å². The summed E-state index contributed by atoms with van der Waals surface area (Å²) in [6, 6.07) is 12.9. The van der Waals surface area contributed by atoms with E-state index in [4.69, 9.17) is 4.74 Å². The Hall–Kier alpha value is -3.35. The highest BCUT2D eigenvalue weighted by atomic mass is 16.5. The van der Waals surface area contributed by atoms with Crippen LogP contribution in [0.1, 0.15) is 15.9 Å². The van der Waals surface area contributed by atoms with Crippen LogP contribution in [0.5, 0.6) is 11.5 Å². The second kappa shape index (κ2) is 8.33. The third-order valence-corrected chi connectivity index (χ3v) is 3.03. The maximum atomic E-state index is 11.9. The maximum absolute atomic E-state index is 11.9. The van der Waals surface area contributed by atoms with E-state index in [0.717, 1.165) is 0 Å². The molecule has 0 unspecified atom stereocenters. The van der Waals surface area contributed by atoms with Crippen molar-refractivity contribution in [2.24, 2.45) is 5.10 Å². The van der Waals surface area contributed by atoms with Crippen molar-refractivity contribution in [3.8, 4) is 11.5 Å². The number of methoxy groups -OCH3 is 1. The molecule has 2 aromatic rings. The van der Waals surface area contributed by atoms with E-state index < -0.39 is 5.91 Å². The van der Waals surface area contributed by atoms with Crippen LogP contribution in [0.4, 0.5) is 0 Å². The molecule has 3 N–H and O–H groups in total. The van der Waals surface area contributed by atoms with Gasteiger partial charge >= 0.3 is 0 Å². The van der Waals surface area contributed by atoms with Gasteiger partial charge in [0.05, 0.1) is 19.9 Å². The van der Waals surface area contributed by atoms with Crippen molar-refractivity contribution in [2.45, 2.75) is 0 Å². The fourth-order valence-electron chi connectivity index (χ4n) is 1.83. The molecule has 0 fully saturated rings. The van der Waals surface area contributed by atoms with Crippen molar-refractivity contribution in [1.82, 2.24) is 10.7 Å². The molecule has 2 amide bonds. The first kappa shape index (κ1) is 17.0. The van der Waals surface area contributed by atoms with E-state index in [1.807, 2.05) is 0 Å². The highest BCUT2D eigenvalue weighted by Crippen LogP contribution is 2.11. The summed E-state index contributed by atoms with van der Waals surface area (Å²) >= 11 is 0. The molecule has 0 heterocycles. The smallest absolute Gasteiger partial charge is 0.259 e. The number of hydrogen-bond donors (Lipinski definition) is 3. The van der Waals surface area contributed by atoms with Crippen LogP contribution >= 0.6 is 0 Å². The molecule has 7 heteroatoms. The van der Waals surface area contributed by atoms with Gasteiger partial charge < -0.3 is 15.2 Å². The fourth-order valence-corrected chi connectivity index (χ4v) is 1.83. The average molecular weight is 327 g/mol. The van der Waals surface area contributed by atoms with Gasteiger partial charge in [-0.3, -0.25) is 9.59 Å². The number of benzene rings is 2. The second-order valence-corrected chi connectivity index (χ2v) is 4.80. The second-order valence-electron chi connectivity index (χ2n) is 4.80. The molecule has 0 atom stereocenters. The molecule has 0 saturated heterocycles. The van der Waals surface area contributed by atoms with Crippen LogP contribution in [0.25, 0.3) is 0 Å². The van der Waals surface area contributed by atoms with Gasteiger partial charge in [-0.15, -0.1) is 0 Å². The van der Waals surface area contributed by atoms with E-state index in [-0.39, 0.29) is 18.2 Å². The van der Waals surface area contributed by atoms with Gasteiger partial charge in [0.1, 0.15) is 11.5 Å². The number of carbonyl (C=O) groups excluding carboxylic acids is 2. The Balaban J connectivity index is 1.78. The standard InChI is InChI=1S/C17H17N3O4/c1-24-15-7-5-13(6-8-15)17(23)18-11-16(22)20-19-10-12-3-2-4-14(21)9-12/h2-10,21H,11H2,1H3,(H,18,23)(H,20,22). The van der Waals surface area contributed by atoms with Crippen molar-refractivity contribution < 1.29 is 19.4 Å². The van der Waals surface area contributed by atoms with Crippen molar-refractivity contribution in [3.05, 3.63) is 59.7 Å². The minimum absolute atomic E-state index is 0.108. The van der Waals surface area contributed by atoms with Gasteiger partial charge in [-0.1, -0.05) is 12.1 Å². The van der Waals surface area contributed by atoms with Gasteiger partial charge in [0.25, 0.3) is 11.8 Å². The highest BCUT2D eigenvalue weighted by Gasteiger charge is 2.07.